The van der Waals surface area contributed by atoms with Crippen molar-refractivity contribution in [3.8, 4) is 0 Å². The Bertz CT molecular complexity index is 1100. The van der Waals surface area contributed by atoms with Crippen molar-refractivity contribution in [3.05, 3.63) is 44.6 Å². The lowest BCUT2D eigenvalue weighted by Gasteiger charge is -2.22. The van der Waals surface area contributed by atoms with E-state index in [1.54, 1.807) is 12.3 Å². The minimum atomic E-state index is -1.73. The minimum Gasteiger partial charge on any atom is -0.378 e. The molecule has 0 bridgehead atoms. The summed E-state index contributed by atoms with van der Waals surface area (Å²) in [6.45, 7) is 3.52. The van der Waals surface area contributed by atoms with Gasteiger partial charge in [0, 0.05) is 15.8 Å². The zero-order valence-corrected chi connectivity index (χ0v) is 18.2. The number of aromatic nitrogens is 2. The van der Waals surface area contributed by atoms with Gasteiger partial charge in [-0.15, -0.1) is 22.7 Å². The number of anilines is 1. The number of thiazole rings is 1. The molecule has 1 aliphatic carbocycles. The maximum absolute atomic E-state index is 12.7. The molecule has 3 aromatic heterocycles. The van der Waals surface area contributed by atoms with E-state index < -0.39 is 11.5 Å². The molecular weight excluding hydrogens is 406 g/mol. The molecule has 8 heteroatoms. The molecule has 0 fully saturated rings. The van der Waals surface area contributed by atoms with Gasteiger partial charge < -0.3 is 9.67 Å². The Morgan fingerprint density at radius 3 is 3.07 bits per heavy atom. The van der Waals surface area contributed by atoms with Crippen LogP contribution in [-0.2, 0) is 24.2 Å². The number of fused-ring (bicyclic) bond motifs is 2. The molecular formula is C21H25N3O3S2. The summed E-state index contributed by atoms with van der Waals surface area (Å²) >= 11 is 2.99. The molecule has 0 spiro atoms. The van der Waals surface area contributed by atoms with E-state index in [9.17, 15) is 14.7 Å². The number of carbonyl (C=O) groups is 1. The lowest BCUT2D eigenvalue weighted by atomic mass is 9.88. The van der Waals surface area contributed by atoms with Gasteiger partial charge in [0.2, 0.25) is 0 Å². The number of rotatable bonds is 6. The minimum absolute atomic E-state index is 0.118. The highest BCUT2D eigenvalue weighted by atomic mass is 32.1. The average molecular weight is 432 g/mol. The highest BCUT2D eigenvalue weighted by Crippen LogP contribution is 2.34. The first-order chi connectivity index (χ1) is 13.9. The SMILES string of the molecule is CCC[C@@H]1CCc2nc(NC(=O)[C@@](C)(O)Cn3ccc4sccc4c3=O)sc2C1. The first-order valence-corrected chi connectivity index (χ1v) is 11.7. The number of thiophene rings is 1. The van der Waals surface area contributed by atoms with Crippen LogP contribution in [0.5, 0.6) is 0 Å². The van der Waals surface area contributed by atoms with Crippen LogP contribution < -0.4 is 10.9 Å². The van der Waals surface area contributed by atoms with Gasteiger partial charge in [-0.25, -0.2) is 4.98 Å². The molecule has 6 nitrogen and oxygen atoms in total. The van der Waals surface area contributed by atoms with E-state index in [0.717, 1.165) is 29.7 Å². The number of pyridine rings is 1. The second-order valence-corrected chi connectivity index (χ2v) is 9.99. The van der Waals surface area contributed by atoms with Crippen molar-refractivity contribution < 1.29 is 9.90 Å². The van der Waals surface area contributed by atoms with Gasteiger partial charge in [0.1, 0.15) is 0 Å². The molecule has 2 N–H and O–H groups in total. The summed E-state index contributed by atoms with van der Waals surface area (Å²) in [6, 6.07) is 3.59. The smallest absolute Gasteiger partial charge is 0.259 e. The van der Waals surface area contributed by atoms with Crippen LogP contribution in [-0.4, -0.2) is 26.2 Å². The van der Waals surface area contributed by atoms with Gasteiger partial charge in [0.15, 0.2) is 10.7 Å². The predicted octanol–water partition coefficient (Wildman–Crippen LogP) is 3.81. The van der Waals surface area contributed by atoms with Crippen LogP contribution in [0, 0.1) is 5.92 Å². The second kappa shape index (κ2) is 8.01. The lowest BCUT2D eigenvalue weighted by molar-refractivity contribution is -0.133. The Balaban J connectivity index is 1.47. The predicted molar refractivity (Wildman–Crippen MR) is 118 cm³/mol. The van der Waals surface area contributed by atoms with E-state index in [-0.39, 0.29) is 12.1 Å². The molecule has 0 aliphatic heterocycles. The molecule has 0 saturated carbocycles. The van der Waals surface area contributed by atoms with Gasteiger partial charge >= 0.3 is 0 Å². The molecule has 0 unspecified atom stereocenters. The zero-order chi connectivity index (χ0) is 20.6. The van der Waals surface area contributed by atoms with E-state index in [4.69, 9.17) is 0 Å². The van der Waals surface area contributed by atoms with Crippen LogP contribution in [0.3, 0.4) is 0 Å². The lowest BCUT2D eigenvalue weighted by Crippen LogP contribution is -2.45. The maximum atomic E-state index is 12.7. The summed E-state index contributed by atoms with van der Waals surface area (Å²) in [5.41, 5.74) is -0.871. The van der Waals surface area contributed by atoms with E-state index >= 15 is 0 Å². The van der Waals surface area contributed by atoms with Crippen molar-refractivity contribution >= 4 is 43.8 Å². The molecule has 1 amide bonds. The van der Waals surface area contributed by atoms with E-state index in [1.807, 2.05) is 11.4 Å². The molecule has 4 rings (SSSR count). The highest BCUT2D eigenvalue weighted by molar-refractivity contribution is 7.17. The van der Waals surface area contributed by atoms with E-state index in [2.05, 4.69) is 17.2 Å². The average Bonchev–Trinajstić information content (AvgIpc) is 3.30. The van der Waals surface area contributed by atoms with Crippen molar-refractivity contribution in [2.24, 2.45) is 5.92 Å². The van der Waals surface area contributed by atoms with Crippen molar-refractivity contribution in [2.45, 2.75) is 58.1 Å². The third kappa shape index (κ3) is 4.15. The summed E-state index contributed by atoms with van der Waals surface area (Å²) in [6.07, 6.45) is 7.13. The van der Waals surface area contributed by atoms with Gasteiger partial charge in [-0.3, -0.25) is 14.9 Å². The van der Waals surface area contributed by atoms with Crippen molar-refractivity contribution in [1.82, 2.24) is 9.55 Å². The summed E-state index contributed by atoms with van der Waals surface area (Å²) in [4.78, 5) is 31.1. The number of amides is 1. The molecule has 0 radical (unpaired) electrons. The first kappa shape index (κ1) is 20.3. The van der Waals surface area contributed by atoms with Crippen LogP contribution in [0.4, 0.5) is 5.13 Å². The number of hydrogen-bond donors (Lipinski definition) is 2. The fraction of sp³-hybridized carbons (Fsp3) is 0.476. The molecule has 154 valence electrons. The van der Waals surface area contributed by atoms with Gasteiger partial charge in [0.25, 0.3) is 11.5 Å². The molecule has 0 aromatic carbocycles. The fourth-order valence-electron chi connectivity index (χ4n) is 3.92. The summed E-state index contributed by atoms with van der Waals surface area (Å²) in [7, 11) is 0. The standard InChI is InChI=1S/C21H25N3O3S2/c1-3-4-13-5-6-15-17(11-13)29-20(22-15)23-19(26)21(2,27)12-24-9-7-16-14(18(24)25)8-10-28-16/h7-10,13,27H,3-6,11-12H2,1-2H3,(H,22,23,26)/t13-,21+/m1/s1. The Hall–Kier alpha value is -2.03. The Morgan fingerprint density at radius 1 is 1.45 bits per heavy atom. The van der Waals surface area contributed by atoms with Gasteiger partial charge in [-0.2, -0.15) is 0 Å². The second-order valence-electron chi connectivity index (χ2n) is 7.96. The number of aryl methyl sites for hydroxylation is 1. The third-order valence-corrected chi connectivity index (χ3v) is 7.44. The molecule has 3 heterocycles. The fourth-order valence-corrected chi connectivity index (χ4v) is 5.81. The first-order valence-electron chi connectivity index (χ1n) is 9.96. The monoisotopic (exact) mass is 431 g/mol. The van der Waals surface area contributed by atoms with Crippen LogP contribution in [0.15, 0.2) is 28.5 Å². The largest absolute Gasteiger partial charge is 0.378 e. The summed E-state index contributed by atoms with van der Waals surface area (Å²) in [5.74, 6) is 0.143. The van der Waals surface area contributed by atoms with Crippen LogP contribution in [0.1, 0.15) is 43.7 Å². The van der Waals surface area contributed by atoms with Crippen molar-refractivity contribution in [1.29, 1.82) is 0 Å². The quantitative estimate of drug-likeness (QED) is 0.622. The number of nitrogens with zero attached hydrogens (tertiary/aromatic N) is 2. The molecule has 29 heavy (non-hydrogen) atoms. The van der Waals surface area contributed by atoms with E-state index in [0.29, 0.717) is 16.4 Å². The maximum Gasteiger partial charge on any atom is 0.259 e. The summed E-state index contributed by atoms with van der Waals surface area (Å²) < 4.78 is 2.28. The summed E-state index contributed by atoms with van der Waals surface area (Å²) in [5, 5.41) is 16.5. The molecule has 0 saturated heterocycles. The van der Waals surface area contributed by atoms with Crippen molar-refractivity contribution in [2.75, 3.05) is 5.32 Å². The highest BCUT2D eigenvalue weighted by Gasteiger charge is 2.33. The topological polar surface area (TPSA) is 84.2 Å². The number of nitrogens with one attached hydrogen (secondary N) is 1. The normalized spacial score (nSPS) is 18.4. The third-order valence-electron chi connectivity index (χ3n) is 5.52. The van der Waals surface area contributed by atoms with Gasteiger partial charge in [-0.1, -0.05) is 19.8 Å². The number of hydrogen-bond acceptors (Lipinski definition) is 6. The number of carbonyl (C=O) groups excluding carboxylic acids is 1. The van der Waals surface area contributed by atoms with Gasteiger partial charge in [-0.05, 0) is 49.6 Å². The van der Waals surface area contributed by atoms with Gasteiger partial charge in [0.05, 0.1) is 17.6 Å². The molecule has 1 aliphatic rings. The van der Waals surface area contributed by atoms with Crippen LogP contribution in [0.2, 0.25) is 0 Å². The van der Waals surface area contributed by atoms with Crippen LogP contribution in [0.25, 0.3) is 10.1 Å². The van der Waals surface area contributed by atoms with E-state index in [1.165, 1.54) is 51.9 Å². The molecule has 3 aromatic rings. The van der Waals surface area contributed by atoms with Crippen LogP contribution >= 0.6 is 22.7 Å². The Kier molecular flexibility index (Phi) is 5.59. The Morgan fingerprint density at radius 2 is 2.28 bits per heavy atom. The number of aliphatic hydroxyl groups is 1. The zero-order valence-electron chi connectivity index (χ0n) is 16.6. The Labute approximate surface area is 177 Å². The van der Waals surface area contributed by atoms with Crippen molar-refractivity contribution in [3.63, 3.8) is 0 Å². The molecule has 2 atom stereocenters.